The summed E-state index contributed by atoms with van der Waals surface area (Å²) in [5.74, 6) is 1.43. The number of halogens is 1. The number of pyridine rings is 1. The smallest absolute Gasteiger partial charge is 0.180 e. The number of aromatic nitrogens is 3. The van der Waals surface area contributed by atoms with Crippen LogP contribution in [0.4, 0.5) is 11.5 Å². The molecule has 0 spiro atoms. The monoisotopic (exact) mass is 273 g/mol. The molecule has 0 saturated carbocycles. The van der Waals surface area contributed by atoms with Gasteiger partial charge in [-0.25, -0.2) is 9.97 Å². The summed E-state index contributed by atoms with van der Waals surface area (Å²) in [6.45, 7) is 0. The number of benzene rings is 1. The third-order valence-electron chi connectivity index (χ3n) is 2.87. The van der Waals surface area contributed by atoms with Crippen LogP contribution in [0.2, 0.25) is 5.02 Å². The van der Waals surface area contributed by atoms with Crippen molar-refractivity contribution in [2.45, 2.75) is 0 Å². The minimum absolute atomic E-state index is 0.619. The van der Waals surface area contributed by atoms with Gasteiger partial charge in [-0.1, -0.05) is 11.6 Å². The van der Waals surface area contributed by atoms with E-state index in [1.165, 1.54) is 0 Å². The van der Waals surface area contributed by atoms with Crippen molar-refractivity contribution in [2.24, 2.45) is 0 Å². The molecule has 19 heavy (non-hydrogen) atoms. The van der Waals surface area contributed by atoms with Crippen molar-refractivity contribution in [3.05, 3.63) is 35.4 Å². The van der Waals surface area contributed by atoms with Gasteiger partial charge in [-0.3, -0.25) is 0 Å². The summed E-state index contributed by atoms with van der Waals surface area (Å²) in [6, 6.07) is 9.10. The average molecular weight is 274 g/mol. The molecule has 3 rings (SSSR count). The number of H-pyrrole nitrogens is 1. The molecule has 0 aliphatic carbocycles. The molecular formula is C13H12ClN5. The lowest BCUT2D eigenvalue weighted by Gasteiger charge is -2.02. The fourth-order valence-electron chi connectivity index (χ4n) is 1.89. The lowest BCUT2D eigenvalue weighted by molar-refractivity contribution is 1.28. The number of nitrogens with one attached hydrogen (secondary N) is 2. The van der Waals surface area contributed by atoms with Gasteiger partial charge in [0.25, 0.3) is 0 Å². The zero-order valence-corrected chi connectivity index (χ0v) is 11.0. The van der Waals surface area contributed by atoms with Gasteiger partial charge >= 0.3 is 0 Å². The average Bonchev–Trinajstić information content (AvgIpc) is 2.83. The number of hydrogen-bond donors (Lipinski definition) is 3. The Kier molecular flexibility index (Phi) is 2.76. The van der Waals surface area contributed by atoms with E-state index in [1.54, 1.807) is 18.2 Å². The van der Waals surface area contributed by atoms with Gasteiger partial charge in [0, 0.05) is 23.3 Å². The van der Waals surface area contributed by atoms with Crippen molar-refractivity contribution in [1.29, 1.82) is 0 Å². The van der Waals surface area contributed by atoms with Gasteiger partial charge in [0.1, 0.15) is 11.6 Å². The Morgan fingerprint density at radius 1 is 1.21 bits per heavy atom. The summed E-state index contributed by atoms with van der Waals surface area (Å²) in [7, 11) is 1.82. The van der Waals surface area contributed by atoms with Crippen LogP contribution in [0.25, 0.3) is 22.6 Å². The molecule has 2 heterocycles. The standard InChI is InChI=1S/C13H12ClN5/c1-16-11-5-4-10-13(18-11)19-12(17-10)8-6-7(14)2-3-9(8)15/h2-6H,15H2,1H3,(H2,16,17,18,19). The van der Waals surface area contributed by atoms with Gasteiger partial charge in [0.15, 0.2) is 5.65 Å². The summed E-state index contributed by atoms with van der Waals surface area (Å²) < 4.78 is 0. The highest BCUT2D eigenvalue weighted by atomic mass is 35.5. The molecule has 2 aromatic heterocycles. The van der Waals surface area contributed by atoms with E-state index < -0.39 is 0 Å². The van der Waals surface area contributed by atoms with Crippen LogP contribution in [0.5, 0.6) is 0 Å². The maximum Gasteiger partial charge on any atom is 0.180 e. The van der Waals surface area contributed by atoms with Crippen molar-refractivity contribution in [2.75, 3.05) is 18.1 Å². The molecule has 0 radical (unpaired) electrons. The molecule has 0 aliphatic rings. The van der Waals surface area contributed by atoms with Gasteiger partial charge in [0.05, 0.1) is 5.52 Å². The molecule has 0 bridgehead atoms. The normalized spacial score (nSPS) is 10.8. The number of aromatic amines is 1. The van der Waals surface area contributed by atoms with Crippen molar-refractivity contribution < 1.29 is 0 Å². The topological polar surface area (TPSA) is 79.6 Å². The largest absolute Gasteiger partial charge is 0.398 e. The SMILES string of the molecule is CNc1ccc2[nH]c(-c3cc(Cl)ccc3N)nc2n1. The quantitative estimate of drug-likeness (QED) is 0.627. The molecule has 5 nitrogen and oxygen atoms in total. The Morgan fingerprint density at radius 3 is 2.84 bits per heavy atom. The first-order valence-electron chi connectivity index (χ1n) is 5.77. The number of hydrogen-bond acceptors (Lipinski definition) is 4. The molecule has 4 N–H and O–H groups in total. The highest BCUT2D eigenvalue weighted by Gasteiger charge is 2.10. The van der Waals surface area contributed by atoms with E-state index in [0.29, 0.717) is 22.2 Å². The minimum Gasteiger partial charge on any atom is -0.398 e. The molecular weight excluding hydrogens is 262 g/mol. The molecule has 0 aliphatic heterocycles. The van der Waals surface area contributed by atoms with Crippen LogP contribution in [-0.2, 0) is 0 Å². The van der Waals surface area contributed by atoms with Crippen LogP contribution < -0.4 is 11.1 Å². The number of rotatable bonds is 2. The minimum atomic E-state index is 0.619. The Bertz CT molecular complexity index is 750. The van der Waals surface area contributed by atoms with Crippen molar-refractivity contribution >= 4 is 34.3 Å². The number of nitrogens with zero attached hydrogens (tertiary/aromatic N) is 2. The Morgan fingerprint density at radius 2 is 2.05 bits per heavy atom. The number of nitrogen functional groups attached to an aromatic ring is 1. The summed E-state index contributed by atoms with van der Waals surface area (Å²) in [6.07, 6.45) is 0. The zero-order chi connectivity index (χ0) is 13.4. The molecule has 3 aromatic rings. The number of anilines is 2. The van der Waals surface area contributed by atoms with Crippen molar-refractivity contribution in [3.8, 4) is 11.4 Å². The molecule has 0 atom stereocenters. The van der Waals surface area contributed by atoms with E-state index in [1.807, 2.05) is 19.2 Å². The molecule has 0 fully saturated rings. The first kappa shape index (κ1) is 11.8. The van der Waals surface area contributed by atoms with Crippen LogP contribution >= 0.6 is 11.6 Å². The van der Waals surface area contributed by atoms with Crippen LogP contribution in [0.1, 0.15) is 0 Å². The summed E-state index contributed by atoms with van der Waals surface area (Å²) in [5.41, 5.74) is 8.84. The Hall–Kier alpha value is -2.27. The predicted molar refractivity (Wildman–Crippen MR) is 78.3 cm³/mol. The van der Waals surface area contributed by atoms with Gasteiger partial charge in [-0.05, 0) is 30.3 Å². The van der Waals surface area contributed by atoms with E-state index >= 15 is 0 Å². The summed E-state index contributed by atoms with van der Waals surface area (Å²) in [5, 5.41) is 3.60. The fourth-order valence-corrected chi connectivity index (χ4v) is 2.07. The second-order valence-corrected chi connectivity index (χ2v) is 4.57. The zero-order valence-electron chi connectivity index (χ0n) is 10.2. The van der Waals surface area contributed by atoms with E-state index in [2.05, 4.69) is 20.3 Å². The highest BCUT2D eigenvalue weighted by Crippen LogP contribution is 2.28. The number of nitrogens with two attached hydrogens (primary N) is 1. The summed E-state index contributed by atoms with van der Waals surface area (Å²) in [4.78, 5) is 12.0. The van der Waals surface area contributed by atoms with Gasteiger partial charge in [0.2, 0.25) is 0 Å². The van der Waals surface area contributed by atoms with Crippen LogP contribution in [-0.4, -0.2) is 22.0 Å². The van der Waals surface area contributed by atoms with Crippen LogP contribution in [0, 0.1) is 0 Å². The lowest BCUT2D eigenvalue weighted by atomic mass is 10.2. The molecule has 0 unspecified atom stereocenters. The second-order valence-electron chi connectivity index (χ2n) is 4.13. The molecule has 6 heteroatoms. The van der Waals surface area contributed by atoms with Crippen molar-refractivity contribution in [3.63, 3.8) is 0 Å². The second kappa shape index (κ2) is 4.44. The maximum absolute atomic E-state index is 5.99. The first-order valence-corrected chi connectivity index (χ1v) is 6.15. The lowest BCUT2D eigenvalue weighted by Crippen LogP contribution is -1.91. The fraction of sp³-hybridized carbons (Fsp3) is 0.0769. The summed E-state index contributed by atoms with van der Waals surface area (Å²) >= 11 is 5.99. The molecule has 0 amide bonds. The Balaban J connectivity index is 2.17. The van der Waals surface area contributed by atoms with E-state index in [-0.39, 0.29) is 0 Å². The van der Waals surface area contributed by atoms with Gasteiger partial charge in [-0.2, -0.15) is 0 Å². The predicted octanol–water partition coefficient (Wildman–Crippen LogP) is 2.90. The third-order valence-corrected chi connectivity index (χ3v) is 3.11. The van der Waals surface area contributed by atoms with Crippen molar-refractivity contribution in [1.82, 2.24) is 15.0 Å². The molecule has 0 saturated heterocycles. The number of fused-ring (bicyclic) bond motifs is 1. The Labute approximate surface area is 114 Å². The van der Waals surface area contributed by atoms with Gasteiger partial charge < -0.3 is 16.0 Å². The maximum atomic E-state index is 5.99. The van der Waals surface area contributed by atoms with E-state index in [0.717, 1.165) is 16.9 Å². The first-order chi connectivity index (χ1) is 9.17. The van der Waals surface area contributed by atoms with E-state index in [4.69, 9.17) is 17.3 Å². The molecule has 1 aromatic carbocycles. The van der Waals surface area contributed by atoms with Crippen LogP contribution in [0.3, 0.4) is 0 Å². The third kappa shape index (κ3) is 2.08. The van der Waals surface area contributed by atoms with Crippen LogP contribution in [0.15, 0.2) is 30.3 Å². The number of imidazole rings is 1. The van der Waals surface area contributed by atoms with Gasteiger partial charge in [-0.15, -0.1) is 0 Å². The molecule has 96 valence electrons. The van der Waals surface area contributed by atoms with E-state index in [9.17, 15) is 0 Å². The highest BCUT2D eigenvalue weighted by molar-refractivity contribution is 6.31.